The summed E-state index contributed by atoms with van der Waals surface area (Å²) < 4.78 is 17.9. The van der Waals surface area contributed by atoms with Crippen molar-refractivity contribution in [3.05, 3.63) is 77.2 Å². The number of amides is 2. The first-order valence-electron chi connectivity index (χ1n) is 7.81. The molecule has 0 aliphatic heterocycles. The predicted octanol–water partition coefficient (Wildman–Crippen LogP) is 3.47. The smallest absolute Gasteiger partial charge is 0.338 e. The molecule has 0 aliphatic rings. The number of rotatable bonds is 6. The van der Waals surface area contributed by atoms with Crippen molar-refractivity contribution in [2.45, 2.75) is 13.5 Å². The lowest BCUT2D eigenvalue weighted by Gasteiger charge is -2.06. The number of halogens is 1. The van der Waals surface area contributed by atoms with Crippen LogP contribution in [0.25, 0.3) is 6.08 Å². The number of benzene rings is 2. The molecule has 0 bridgehead atoms. The van der Waals surface area contributed by atoms with Crippen LogP contribution >= 0.6 is 0 Å². The van der Waals surface area contributed by atoms with Gasteiger partial charge in [0.1, 0.15) is 5.82 Å². The molecule has 2 N–H and O–H groups in total. The second-order valence-corrected chi connectivity index (χ2v) is 5.13. The molecule has 2 aromatic rings. The molecular formula is C19H19FN2O3. The summed E-state index contributed by atoms with van der Waals surface area (Å²) in [6.07, 6.45) is 3.03. The summed E-state index contributed by atoms with van der Waals surface area (Å²) in [4.78, 5) is 23.3. The van der Waals surface area contributed by atoms with E-state index < -0.39 is 0 Å². The summed E-state index contributed by atoms with van der Waals surface area (Å²) in [5, 5.41) is 5.22. The first kappa shape index (κ1) is 18.2. The van der Waals surface area contributed by atoms with E-state index in [1.165, 1.54) is 18.3 Å². The van der Waals surface area contributed by atoms with Crippen molar-refractivity contribution in [2.24, 2.45) is 0 Å². The number of hydrogen-bond acceptors (Lipinski definition) is 3. The SMILES string of the molecule is CCOC(=O)c1ccc(CNC(=O)N/C=C/c2cccc(F)c2)cc1. The van der Waals surface area contributed by atoms with Crippen molar-refractivity contribution in [3.63, 3.8) is 0 Å². The second-order valence-electron chi connectivity index (χ2n) is 5.13. The van der Waals surface area contributed by atoms with Gasteiger partial charge in [-0.05, 0) is 48.4 Å². The molecule has 130 valence electrons. The van der Waals surface area contributed by atoms with Crippen LogP contribution in [0.3, 0.4) is 0 Å². The Balaban J connectivity index is 1.78. The van der Waals surface area contributed by atoms with Gasteiger partial charge in [-0.2, -0.15) is 0 Å². The van der Waals surface area contributed by atoms with Crippen LogP contribution in [-0.2, 0) is 11.3 Å². The first-order valence-corrected chi connectivity index (χ1v) is 7.81. The molecule has 0 aromatic heterocycles. The Hall–Kier alpha value is -3.15. The average molecular weight is 342 g/mol. The monoisotopic (exact) mass is 342 g/mol. The van der Waals surface area contributed by atoms with Gasteiger partial charge in [-0.25, -0.2) is 14.0 Å². The number of carbonyl (C=O) groups excluding carboxylic acids is 2. The van der Waals surface area contributed by atoms with E-state index in [4.69, 9.17) is 4.74 Å². The van der Waals surface area contributed by atoms with Crippen molar-refractivity contribution in [1.29, 1.82) is 0 Å². The third kappa shape index (κ3) is 6.10. The van der Waals surface area contributed by atoms with Crippen LogP contribution in [0.1, 0.15) is 28.4 Å². The fourth-order valence-electron chi connectivity index (χ4n) is 2.03. The molecule has 25 heavy (non-hydrogen) atoms. The lowest BCUT2D eigenvalue weighted by atomic mass is 10.1. The maximum Gasteiger partial charge on any atom is 0.338 e. The lowest BCUT2D eigenvalue weighted by Crippen LogP contribution is -2.31. The Morgan fingerprint density at radius 2 is 1.92 bits per heavy atom. The second kappa shape index (κ2) is 9.22. The quantitative estimate of drug-likeness (QED) is 0.790. The highest BCUT2D eigenvalue weighted by Crippen LogP contribution is 2.06. The third-order valence-electron chi connectivity index (χ3n) is 3.26. The Bertz CT molecular complexity index is 758. The van der Waals surface area contributed by atoms with E-state index in [1.54, 1.807) is 49.4 Å². The molecule has 0 aliphatic carbocycles. The van der Waals surface area contributed by atoms with E-state index in [9.17, 15) is 14.0 Å². The van der Waals surface area contributed by atoms with Gasteiger partial charge in [-0.1, -0.05) is 24.3 Å². The third-order valence-corrected chi connectivity index (χ3v) is 3.26. The van der Waals surface area contributed by atoms with Crippen molar-refractivity contribution in [3.8, 4) is 0 Å². The van der Waals surface area contributed by atoms with E-state index in [2.05, 4.69) is 10.6 Å². The predicted molar refractivity (Wildman–Crippen MR) is 93.2 cm³/mol. The number of carbonyl (C=O) groups is 2. The molecule has 0 radical (unpaired) electrons. The summed E-state index contributed by atoms with van der Waals surface area (Å²) in [7, 11) is 0. The minimum absolute atomic E-state index is 0.308. The van der Waals surface area contributed by atoms with E-state index in [0.717, 1.165) is 5.56 Å². The normalized spacial score (nSPS) is 10.5. The van der Waals surface area contributed by atoms with Gasteiger partial charge >= 0.3 is 12.0 Å². The standard InChI is InChI=1S/C19H19FN2O3/c1-2-25-18(23)16-8-6-15(7-9-16)13-22-19(24)21-11-10-14-4-3-5-17(20)12-14/h3-12H,2,13H2,1H3,(H2,21,22,24)/b11-10+. The van der Waals surface area contributed by atoms with Gasteiger partial charge in [0.2, 0.25) is 0 Å². The van der Waals surface area contributed by atoms with Crippen molar-refractivity contribution >= 4 is 18.1 Å². The molecule has 0 unspecified atom stereocenters. The number of nitrogens with one attached hydrogen (secondary N) is 2. The van der Waals surface area contributed by atoms with E-state index in [1.807, 2.05) is 0 Å². The fourth-order valence-corrected chi connectivity index (χ4v) is 2.03. The summed E-state index contributed by atoms with van der Waals surface area (Å²) in [6.45, 7) is 2.38. The number of ether oxygens (including phenoxy) is 1. The van der Waals surface area contributed by atoms with Crippen LogP contribution < -0.4 is 10.6 Å². The van der Waals surface area contributed by atoms with Crippen LogP contribution in [-0.4, -0.2) is 18.6 Å². The van der Waals surface area contributed by atoms with Crippen LogP contribution in [0.15, 0.2) is 54.7 Å². The van der Waals surface area contributed by atoms with Gasteiger partial charge in [0.15, 0.2) is 0 Å². The largest absolute Gasteiger partial charge is 0.462 e. The zero-order chi connectivity index (χ0) is 18.1. The molecule has 0 saturated heterocycles. The van der Waals surface area contributed by atoms with Crippen LogP contribution in [0.2, 0.25) is 0 Å². The molecule has 0 heterocycles. The van der Waals surface area contributed by atoms with Gasteiger partial charge in [0.05, 0.1) is 12.2 Å². The summed E-state index contributed by atoms with van der Waals surface area (Å²) in [5.41, 5.74) is 1.96. The topological polar surface area (TPSA) is 67.4 Å². The Labute approximate surface area is 145 Å². The zero-order valence-electron chi connectivity index (χ0n) is 13.8. The average Bonchev–Trinajstić information content (AvgIpc) is 2.61. The maximum atomic E-state index is 13.0. The van der Waals surface area contributed by atoms with Crippen LogP contribution in [0, 0.1) is 5.82 Å². The molecule has 5 nitrogen and oxygen atoms in total. The van der Waals surface area contributed by atoms with Crippen LogP contribution in [0.5, 0.6) is 0 Å². The fraction of sp³-hybridized carbons (Fsp3) is 0.158. The van der Waals surface area contributed by atoms with Crippen molar-refractivity contribution in [1.82, 2.24) is 10.6 Å². The molecule has 2 aromatic carbocycles. The summed E-state index contributed by atoms with van der Waals surface area (Å²) in [5.74, 6) is -0.708. The lowest BCUT2D eigenvalue weighted by molar-refractivity contribution is 0.0526. The minimum atomic E-state index is -0.387. The molecule has 0 spiro atoms. The zero-order valence-corrected chi connectivity index (χ0v) is 13.8. The van der Waals surface area contributed by atoms with E-state index >= 15 is 0 Å². The molecule has 2 amide bonds. The highest BCUT2D eigenvalue weighted by Gasteiger charge is 2.05. The molecule has 0 atom stereocenters. The molecule has 6 heteroatoms. The van der Waals surface area contributed by atoms with Gasteiger partial charge in [0.25, 0.3) is 0 Å². The van der Waals surface area contributed by atoms with Crippen molar-refractivity contribution in [2.75, 3.05) is 6.61 Å². The Kier molecular flexibility index (Phi) is 6.71. The van der Waals surface area contributed by atoms with Crippen molar-refractivity contribution < 1.29 is 18.7 Å². The summed E-state index contributed by atoms with van der Waals surface area (Å²) >= 11 is 0. The van der Waals surface area contributed by atoms with Crippen LogP contribution in [0.4, 0.5) is 9.18 Å². The molecular weight excluding hydrogens is 323 g/mol. The van der Waals surface area contributed by atoms with Gasteiger partial charge in [0, 0.05) is 12.7 Å². The summed E-state index contributed by atoms with van der Waals surface area (Å²) in [6, 6.07) is 12.4. The highest BCUT2D eigenvalue weighted by atomic mass is 19.1. The van der Waals surface area contributed by atoms with Gasteiger partial charge in [-0.3, -0.25) is 0 Å². The molecule has 0 fully saturated rings. The maximum absolute atomic E-state index is 13.0. The number of hydrogen-bond donors (Lipinski definition) is 2. The molecule has 2 rings (SSSR count). The molecule has 0 saturated carbocycles. The first-order chi connectivity index (χ1) is 12.1. The van der Waals surface area contributed by atoms with E-state index in [-0.39, 0.29) is 17.8 Å². The Morgan fingerprint density at radius 3 is 2.60 bits per heavy atom. The van der Waals surface area contributed by atoms with Gasteiger partial charge < -0.3 is 15.4 Å². The number of urea groups is 1. The Morgan fingerprint density at radius 1 is 1.16 bits per heavy atom. The minimum Gasteiger partial charge on any atom is -0.462 e. The van der Waals surface area contributed by atoms with Gasteiger partial charge in [-0.15, -0.1) is 0 Å². The number of esters is 1. The van der Waals surface area contributed by atoms with E-state index in [0.29, 0.717) is 24.3 Å². The highest BCUT2D eigenvalue weighted by molar-refractivity contribution is 5.89.